The molecule has 222 valence electrons. The highest BCUT2D eigenvalue weighted by atomic mass is 15.0. The van der Waals surface area contributed by atoms with Crippen molar-refractivity contribution >= 4 is 16.6 Å². The van der Waals surface area contributed by atoms with Crippen LogP contribution >= 0.6 is 0 Å². The third kappa shape index (κ3) is 4.77. The molecule has 4 saturated carbocycles. The number of hydrogen-bond donors (Lipinski definition) is 0. The lowest BCUT2D eigenvalue weighted by Gasteiger charge is -2.57. The van der Waals surface area contributed by atoms with E-state index in [0.717, 1.165) is 39.8 Å². The average Bonchev–Trinajstić information content (AvgIpc) is 3.11. The van der Waals surface area contributed by atoms with Crippen LogP contribution in [-0.2, 0) is 5.41 Å². The predicted octanol–water partition coefficient (Wildman–Crippen LogP) is 10.1. The zero-order valence-electron chi connectivity index (χ0n) is 25.6. The second-order valence-electron chi connectivity index (χ2n) is 13.7. The zero-order valence-corrected chi connectivity index (χ0v) is 25.6. The Labute approximate surface area is 269 Å². The number of fused-ring (bicyclic) bond motifs is 1. The summed E-state index contributed by atoms with van der Waals surface area (Å²) < 4.78 is 0. The standard InChI is InChI=1S/C41H33N5/c1-42-35-15-9-31(10-16-35)39-44-38(30-5-3-2-4-6-30)45-40(46-39)37-18-12-33-22-32(11-17-36(33)43-37)29-7-13-34(14-8-29)41-23-26-19-27(24-41)21-28(20-26)25-41/h2-18,22,26-28H,19-21,23-25H2. The van der Waals surface area contributed by atoms with Gasteiger partial charge in [0, 0.05) is 16.5 Å². The van der Waals surface area contributed by atoms with Gasteiger partial charge in [-0.1, -0.05) is 91.0 Å². The van der Waals surface area contributed by atoms with Crippen molar-refractivity contribution in [2.75, 3.05) is 0 Å². The van der Waals surface area contributed by atoms with Gasteiger partial charge in [-0.25, -0.2) is 24.8 Å². The van der Waals surface area contributed by atoms with Gasteiger partial charge in [0.2, 0.25) is 0 Å². The van der Waals surface area contributed by atoms with Crippen LogP contribution in [0, 0.1) is 24.3 Å². The van der Waals surface area contributed by atoms with Gasteiger partial charge >= 0.3 is 0 Å². The van der Waals surface area contributed by atoms with Crippen LogP contribution in [0.4, 0.5) is 5.69 Å². The van der Waals surface area contributed by atoms with E-state index in [9.17, 15) is 0 Å². The zero-order chi connectivity index (χ0) is 30.7. The minimum atomic E-state index is 0.424. The minimum Gasteiger partial charge on any atom is -0.244 e. The van der Waals surface area contributed by atoms with Crippen LogP contribution in [0.15, 0.2) is 109 Å². The van der Waals surface area contributed by atoms with Crippen LogP contribution in [0.2, 0.25) is 0 Å². The molecule has 0 N–H and O–H groups in total. The Morgan fingerprint density at radius 2 is 1.13 bits per heavy atom. The summed E-state index contributed by atoms with van der Waals surface area (Å²) >= 11 is 0. The molecule has 5 nitrogen and oxygen atoms in total. The van der Waals surface area contributed by atoms with Crippen molar-refractivity contribution in [3.8, 4) is 45.4 Å². The number of aromatic nitrogens is 4. The molecule has 2 heterocycles. The van der Waals surface area contributed by atoms with Gasteiger partial charge in [0.05, 0.1) is 12.1 Å². The number of benzene rings is 4. The number of rotatable bonds is 5. The first-order valence-electron chi connectivity index (χ1n) is 16.4. The van der Waals surface area contributed by atoms with Crippen molar-refractivity contribution in [2.45, 2.75) is 43.9 Å². The lowest BCUT2D eigenvalue weighted by atomic mass is 9.48. The summed E-state index contributed by atoms with van der Waals surface area (Å²) in [5.41, 5.74) is 8.35. The van der Waals surface area contributed by atoms with Gasteiger partial charge in [0.1, 0.15) is 5.69 Å². The molecule has 0 amide bonds. The molecule has 4 bridgehead atoms. The molecule has 46 heavy (non-hydrogen) atoms. The minimum absolute atomic E-state index is 0.424. The molecule has 4 aliphatic carbocycles. The maximum atomic E-state index is 7.29. The van der Waals surface area contributed by atoms with Gasteiger partial charge in [-0.15, -0.1) is 0 Å². The molecule has 5 heteroatoms. The summed E-state index contributed by atoms with van der Waals surface area (Å²) in [5, 5.41) is 1.08. The molecule has 0 saturated heterocycles. The monoisotopic (exact) mass is 595 g/mol. The van der Waals surface area contributed by atoms with Gasteiger partial charge in [0.15, 0.2) is 23.2 Å². The molecule has 0 aliphatic heterocycles. The van der Waals surface area contributed by atoms with E-state index >= 15 is 0 Å². The lowest BCUT2D eigenvalue weighted by molar-refractivity contribution is -0.00518. The van der Waals surface area contributed by atoms with E-state index < -0.39 is 0 Å². The number of hydrogen-bond acceptors (Lipinski definition) is 4. The molecule has 4 fully saturated rings. The average molecular weight is 596 g/mol. The Bertz CT molecular complexity index is 2090. The molecule has 0 atom stereocenters. The second-order valence-corrected chi connectivity index (χ2v) is 13.7. The summed E-state index contributed by atoms with van der Waals surface area (Å²) in [6.45, 7) is 7.29. The first-order valence-corrected chi connectivity index (χ1v) is 16.4. The van der Waals surface area contributed by atoms with Crippen molar-refractivity contribution in [2.24, 2.45) is 17.8 Å². The molecule has 10 rings (SSSR count). The van der Waals surface area contributed by atoms with Crippen molar-refractivity contribution in [1.29, 1.82) is 0 Å². The Morgan fingerprint density at radius 3 is 1.78 bits per heavy atom. The molecule has 0 radical (unpaired) electrons. The highest BCUT2D eigenvalue weighted by Crippen LogP contribution is 2.60. The topological polar surface area (TPSA) is 55.9 Å². The first kappa shape index (κ1) is 27.1. The van der Waals surface area contributed by atoms with E-state index in [-0.39, 0.29) is 0 Å². The van der Waals surface area contributed by atoms with E-state index in [1.807, 2.05) is 48.5 Å². The molecule has 4 aromatic carbocycles. The van der Waals surface area contributed by atoms with Gasteiger partial charge in [-0.2, -0.15) is 0 Å². The second kappa shape index (κ2) is 10.7. The van der Waals surface area contributed by atoms with Crippen LogP contribution in [0.25, 0.3) is 61.2 Å². The highest BCUT2D eigenvalue weighted by Gasteiger charge is 2.51. The highest BCUT2D eigenvalue weighted by molar-refractivity contribution is 5.86. The Morgan fingerprint density at radius 1 is 0.543 bits per heavy atom. The molecule has 0 unspecified atom stereocenters. The van der Waals surface area contributed by atoms with Crippen molar-refractivity contribution < 1.29 is 0 Å². The third-order valence-electron chi connectivity index (χ3n) is 10.7. The van der Waals surface area contributed by atoms with E-state index in [1.54, 1.807) is 17.7 Å². The van der Waals surface area contributed by atoms with E-state index in [0.29, 0.717) is 34.3 Å². The van der Waals surface area contributed by atoms with Crippen molar-refractivity contribution in [1.82, 2.24) is 19.9 Å². The predicted molar refractivity (Wildman–Crippen MR) is 183 cm³/mol. The van der Waals surface area contributed by atoms with Gasteiger partial charge in [0.25, 0.3) is 0 Å². The van der Waals surface area contributed by atoms with E-state index in [2.05, 4.69) is 53.4 Å². The maximum absolute atomic E-state index is 7.29. The maximum Gasteiger partial charge on any atom is 0.187 e. The van der Waals surface area contributed by atoms with Gasteiger partial charge < -0.3 is 0 Å². The van der Waals surface area contributed by atoms with E-state index in [1.165, 1.54) is 49.7 Å². The lowest BCUT2D eigenvalue weighted by Crippen LogP contribution is -2.48. The van der Waals surface area contributed by atoms with Crippen LogP contribution in [-0.4, -0.2) is 19.9 Å². The largest absolute Gasteiger partial charge is 0.244 e. The van der Waals surface area contributed by atoms with Crippen LogP contribution in [0.3, 0.4) is 0 Å². The summed E-state index contributed by atoms with van der Waals surface area (Å²) in [6, 6.07) is 37.4. The molecule has 2 aromatic heterocycles. The quantitative estimate of drug-likeness (QED) is 0.186. The van der Waals surface area contributed by atoms with Gasteiger partial charge in [-0.05, 0) is 96.6 Å². The smallest absolute Gasteiger partial charge is 0.187 e. The molecular formula is C41H33N5. The number of pyridine rings is 1. The summed E-state index contributed by atoms with van der Waals surface area (Å²) in [6.07, 6.45) is 8.62. The van der Waals surface area contributed by atoms with Crippen LogP contribution in [0.1, 0.15) is 44.1 Å². The molecular weight excluding hydrogens is 562 g/mol. The van der Waals surface area contributed by atoms with Crippen molar-refractivity contribution in [3.63, 3.8) is 0 Å². The Balaban J connectivity index is 1.04. The molecule has 6 aromatic rings. The SMILES string of the molecule is [C-]#[N+]c1ccc(-c2nc(-c3ccccc3)nc(-c3ccc4cc(-c5ccc(C67CC8CC(CC(C8)C6)C7)cc5)ccc4n3)n2)cc1. The van der Waals surface area contributed by atoms with Gasteiger partial charge in [-0.3, -0.25) is 0 Å². The normalized spacial score (nSPS) is 23.0. The Hall–Kier alpha value is -5.21. The fourth-order valence-electron chi connectivity index (χ4n) is 8.93. The summed E-state index contributed by atoms with van der Waals surface area (Å²) in [5.74, 6) is 4.52. The molecule has 0 spiro atoms. The fourth-order valence-corrected chi connectivity index (χ4v) is 8.93. The summed E-state index contributed by atoms with van der Waals surface area (Å²) in [7, 11) is 0. The molecule has 4 aliphatic rings. The fraction of sp³-hybridized carbons (Fsp3) is 0.244. The van der Waals surface area contributed by atoms with Crippen LogP contribution in [0.5, 0.6) is 0 Å². The van der Waals surface area contributed by atoms with Crippen molar-refractivity contribution in [3.05, 3.63) is 126 Å². The first-order chi connectivity index (χ1) is 22.6. The summed E-state index contributed by atoms with van der Waals surface area (Å²) in [4.78, 5) is 23.0. The Kier molecular flexibility index (Phi) is 6.31. The van der Waals surface area contributed by atoms with Crippen LogP contribution < -0.4 is 0 Å². The third-order valence-corrected chi connectivity index (χ3v) is 10.7. The number of nitrogens with zero attached hydrogens (tertiary/aromatic N) is 5. The van der Waals surface area contributed by atoms with E-state index in [4.69, 9.17) is 26.5 Å².